The molecule has 1 aromatic carbocycles. The van der Waals surface area contributed by atoms with Crippen LogP contribution >= 0.6 is 23.4 Å². The molecule has 1 unspecified atom stereocenters. The second-order valence-electron chi connectivity index (χ2n) is 5.89. The van der Waals surface area contributed by atoms with Crippen molar-refractivity contribution in [3.8, 4) is 0 Å². The minimum absolute atomic E-state index is 0.271. The molecule has 148 valence electrons. The van der Waals surface area contributed by atoms with Gasteiger partial charge in [0.25, 0.3) is 11.8 Å². The topological polar surface area (TPSA) is 84.9 Å². The highest BCUT2D eigenvalue weighted by molar-refractivity contribution is 7.98. The van der Waals surface area contributed by atoms with Crippen molar-refractivity contribution in [1.82, 2.24) is 10.2 Å². The molecule has 2 amide bonds. The molecule has 27 heavy (non-hydrogen) atoms. The van der Waals surface area contributed by atoms with Crippen molar-refractivity contribution in [3.05, 3.63) is 34.9 Å². The van der Waals surface area contributed by atoms with Crippen LogP contribution in [0.1, 0.15) is 16.8 Å². The first-order valence-corrected chi connectivity index (χ1v) is 10.4. The zero-order valence-corrected chi connectivity index (χ0v) is 16.7. The van der Waals surface area contributed by atoms with E-state index in [9.17, 15) is 14.4 Å². The summed E-state index contributed by atoms with van der Waals surface area (Å²) in [5.41, 5.74) is 0.283. The molecule has 0 bridgehead atoms. The molecule has 0 saturated carbocycles. The monoisotopic (exact) mass is 414 g/mol. The van der Waals surface area contributed by atoms with E-state index in [0.717, 1.165) is 0 Å². The zero-order valence-electron chi connectivity index (χ0n) is 15.1. The first-order chi connectivity index (χ1) is 13.0. The highest BCUT2D eigenvalue weighted by Gasteiger charge is 2.25. The fourth-order valence-corrected chi connectivity index (χ4v) is 3.20. The molecule has 0 radical (unpaired) electrons. The molecule has 0 spiro atoms. The van der Waals surface area contributed by atoms with Crippen molar-refractivity contribution in [2.75, 3.05) is 44.9 Å². The van der Waals surface area contributed by atoms with Crippen molar-refractivity contribution >= 4 is 41.1 Å². The summed E-state index contributed by atoms with van der Waals surface area (Å²) in [5, 5.41) is 2.96. The van der Waals surface area contributed by atoms with Crippen LogP contribution < -0.4 is 5.32 Å². The number of nitrogens with one attached hydrogen (secondary N) is 1. The van der Waals surface area contributed by atoms with Crippen LogP contribution in [-0.2, 0) is 19.1 Å². The second kappa shape index (κ2) is 11.2. The van der Waals surface area contributed by atoms with Gasteiger partial charge in [0, 0.05) is 13.1 Å². The molecule has 7 nitrogen and oxygen atoms in total. The van der Waals surface area contributed by atoms with E-state index in [1.807, 2.05) is 6.26 Å². The normalized spacial score (nSPS) is 15.1. The average molecular weight is 415 g/mol. The van der Waals surface area contributed by atoms with E-state index in [1.165, 1.54) is 0 Å². The molecule has 1 fully saturated rings. The van der Waals surface area contributed by atoms with E-state index < -0.39 is 17.9 Å². The Morgan fingerprint density at radius 1 is 1.30 bits per heavy atom. The number of carbonyl (C=O) groups excluding carboxylic acids is 3. The SMILES string of the molecule is CSCCC(NC(=O)c1ccccc1Cl)C(=O)OCC(=O)N1CCOCC1. The summed E-state index contributed by atoms with van der Waals surface area (Å²) in [6, 6.07) is 5.74. The average Bonchev–Trinajstić information content (AvgIpc) is 2.69. The Labute approximate surface area is 167 Å². The maximum Gasteiger partial charge on any atom is 0.329 e. The summed E-state index contributed by atoms with van der Waals surface area (Å²) in [6.45, 7) is 1.56. The van der Waals surface area contributed by atoms with Crippen molar-refractivity contribution in [2.45, 2.75) is 12.5 Å². The van der Waals surface area contributed by atoms with Crippen molar-refractivity contribution in [1.29, 1.82) is 0 Å². The maximum absolute atomic E-state index is 12.4. The summed E-state index contributed by atoms with van der Waals surface area (Å²) in [7, 11) is 0. The molecule has 1 aromatic rings. The minimum atomic E-state index is -0.848. The summed E-state index contributed by atoms with van der Waals surface area (Å²) < 4.78 is 10.3. The zero-order chi connectivity index (χ0) is 19.6. The molecule has 1 aliphatic heterocycles. The lowest BCUT2D eigenvalue weighted by Gasteiger charge is -2.27. The first-order valence-electron chi connectivity index (χ1n) is 8.59. The van der Waals surface area contributed by atoms with Gasteiger partial charge in [-0.25, -0.2) is 4.79 Å². The molecule has 1 saturated heterocycles. The largest absolute Gasteiger partial charge is 0.454 e. The first kappa shape index (κ1) is 21.5. The fraction of sp³-hybridized carbons (Fsp3) is 0.500. The number of hydrogen-bond donors (Lipinski definition) is 1. The van der Waals surface area contributed by atoms with Gasteiger partial charge in [-0.15, -0.1) is 0 Å². The van der Waals surface area contributed by atoms with Gasteiger partial charge in [0.05, 0.1) is 23.8 Å². The summed E-state index contributed by atoms with van der Waals surface area (Å²) in [6.07, 6.45) is 2.29. The van der Waals surface area contributed by atoms with Crippen LogP contribution in [0.4, 0.5) is 0 Å². The van der Waals surface area contributed by atoms with E-state index in [1.54, 1.807) is 40.9 Å². The number of ether oxygens (including phenoxy) is 2. The third-order valence-corrected chi connectivity index (χ3v) is 4.99. The van der Waals surface area contributed by atoms with Gasteiger partial charge in [-0.05, 0) is 30.6 Å². The van der Waals surface area contributed by atoms with Gasteiger partial charge in [0.15, 0.2) is 6.61 Å². The molecule has 0 aromatic heterocycles. The lowest BCUT2D eigenvalue weighted by atomic mass is 10.1. The summed E-state index contributed by atoms with van der Waals surface area (Å²) >= 11 is 7.58. The molecular weight excluding hydrogens is 392 g/mol. The number of hydrogen-bond acceptors (Lipinski definition) is 6. The molecule has 1 aliphatic rings. The van der Waals surface area contributed by atoms with Crippen LogP contribution in [-0.4, -0.2) is 73.6 Å². The lowest BCUT2D eigenvalue weighted by molar-refractivity contribution is -0.155. The van der Waals surface area contributed by atoms with E-state index >= 15 is 0 Å². The van der Waals surface area contributed by atoms with Gasteiger partial charge in [-0.1, -0.05) is 23.7 Å². The third kappa shape index (κ3) is 6.71. The van der Waals surface area contributed by atoms with Gasteiger partial charge in [0.2, 0.25) is 0 Å². The molecule has 1 atom stereocenters. The smallest absolute Gasteiger partial charge is 0.329 e. The van der Waals surface area contributed by atoms with Gasteiger partial charge in [0.1, 0.15) is 6.04 Å². The molecular formula is C18H23ClN2O5S. The van der Waals surface area contributed by atoms with Crippen LogP contribution in [0.3, 0.4) is 0 Å². The standard InChI is InChI=1S/C18H23ClN2O5S/c1-27-11-6-15(20-17(23)13-4-2-3-5-14(13)19)18(24)26-12-16(22)21-7-9-25-10-8-21/h2-5,15H,6-12H2,1H3,(H,20,23). The maximum atomic E-state index is 12.4. The fourth-order valence-electron chi connectivity index (χ4n) is 2.50. The Morgan fingerprint density at radius 2 is 2.00 bits per heavy atom. The Kier molecular flexibility index (Phi) is 8.90. The Bertz CT molecular complexity index is 667. The molecule has 9 heteroatoms. The highest BCUT2D eigenvalue weighted by atomic mass is 35.5. The Balaban J connectivity index is 1.93. The van der Waals surface area contributed by atoms with Gasteiger partial charge in [-0.3, -0.25) is 9.59 Å². The van der Waals surface area contributed by atoms with Crippen LogP contribution in [0.15, 0.2) is 24.3 Å². The molecule has 0 aliphatic carbocycles. The second-order valence-corrected chi connectivity index (χ2v) is 7.28. The number of thioether (sulfide) groups is 1. The van der Waals surface area contributed by atoms with Crippen molar-refractivity contribution in [2.24, 2.45) is 0 Å². The number of morpholine rings is 1. The third-order valence-electron chi connectivity index (χ3n) is 4.02. The number of esters is 1. The van der Waals surface area contributed by atoms with E-state index in [4.69, 9.17) is 21.1 Å². The quantitative estimate of drug-likeness (QED) is 0.650. The van der Waals surface area contributed by atoms with Gasteiger partial charge in [-0.2, -0.15) is 11.8 Å². The van der Waals surface area contributed by atoms with Gasteiger partial charge < -0.3 is 19.7 Å². The van der Waals surface area contributed by atoms with Gasteiger partial charge >= 0.3 is 5.97 Å². The van der Waals surface area contributed by atoms with E-state index in [-0.39, 0.29) is 18.1 Å². The van der Waals surface area contributed by atoms with E-state index in [2.05, 4.69) is 5.32 Å². The highest BCUT2D eigenvalue weighted by Crippen LogP contribution is 2.15. The summed E-state index contributed by atoms with van der Waals surface area (Å²) in [5.74, 6) is -0.707. The van der Waals surface area contributed by atoms with Crippen LogP contribution in [0.5, 0.6) is 0 Å². The van der Waals surface area contributed by atoms with Crippen LogP contribution in [0, 0.1) is 0 Å². The van der Waals surface area contributed by atoms with Crippen molar-refractivity contribution < 1.29 is 23.9 Å². The lowest BCUT2D eigenvalue weighted by Crippen LogP contribution is -2.45. The predicted molar refractivity (Wildman–Crippen MR) is 104 cm³/mol. The minimum Gasteiger partial charge on any atom is -0.454 e. The molecule has 1 N–H and O–H groups in total. The van der Waals surface area contributed by atoms with Crippen LogP contribution in [0.2, 0.25) is 5.02 Å². The number of nitrogens with zero attached hydrogens (tertiary/aromatic N) is 1. The molecule has 1 heterocycles. The number of rotatable bonds is 8. The van der Waals surface area contributed by atoms with E-state index in [0.29, 0.717) is 43.5 Å². The predicted octanol–water partition coefficient (Wildman–Crippen LogP) is 1.59. The Morgan fingerprint density at radius 3 is 2.67 bits per heavy atom. The number of carbonyl (C=O) groups is 3. The van der Waals surface area contributed by atoms with Crippen LogP contribution in [0.25, 0.3) is 0 Å². The summed E-state index contributed by atoms with van der Waals surface area (Å²) in [4.78, 5) is 38.5. The number of benzene rings is 1. The van der Waals surface area contributed by atoms with Crippen molar-refractivity contribution in [3.63, 3.8) is 0 Å². The molecule has 2 rings (SSSR count). The number of amides is 2. The Hall–Kier alpha value is -1.77. The number of halogens is 1.